The van der Waals surface area contributed by atoms with Crippen LogP contribution in [0.25, 0.3) is 0 Å². The third-order valence-corrected chi connectivity index (χ3v) is 4.54. The van der Waals surface area contributed by atoms with E-state index in [2.05, 4.69) is 10.3 Å². The molecule has 7 heteroatoms. The largest absolute Gasteiger partial charge is 0.379 e. The van der Waals surface area contributed by atoms with Crippen LogP contribution < -0.4 is 11.1 Å². The Kier molecular flexibility index (Phi) is 8.65. The van der Waals surface area contributed by atoms with Crippen molar-refractivity contribution in [2.24, 2.45) is 11.7 Å². The van der Waals surface area contributed by atoms with Crippen LogP contribution in [0.3, 0.4) is 0 Å². The minimum atomic E-state index is -0.0579. The summed E-state index contributed by atoms with van der Waals surface area (Å²) in [5.41, 5.74) is 7.06. The maximum atomic E-state index is 12.3. The highest BCUT2D eigenvalue weighted by atomic mass is 16.5. The van der Waals surface area contributed by atoms with Crippen LogP contribution in [0.1, 0.15) is 26.2 Å². The molecule has 1 aromatic heterocycles. The Morgan fingerprint density at radius 3 is 2.64 bits per heavy atom. The van der Waals surface area contributed by atoms with Crippen LogP contribution in [0.2, 0.25) is 0 Å². The van der Waals surface area contributed by atoms with Crippen molar-refractivity contribution in [1.82, 2.24) is 9.88 Å². The summed E-state index contributed by atoms with van der Waals surface area (Å²) in [4.78, 5) is 18.1. The Morgan fingerprint density at radius 1 is 1.28 bits per heavy atom. The molecule has 140 valence electrons. The molecule has 0 aromatic carbocycles. The number of pyridine rings is 1. The minimum absolute atomic E-state index is 0.0579. The van der Waals surface area contributed by atoms with Crippen molar-refractivity contribution in [1.29, 1.82) is 0 Å². The predicted octanol–water partition coefficient (Wildman–Crippen LogP) is 2.10. The molecule has 0 radical (unpaired) electrons. The molecule has 2 rings (SSSR count). The van der Waals surface area contributed by atoms with E-state index in [-0.39, 0.29) is 12.1 Å². The van der Waals surface area contributed by atoms with E-state index in [1.165, 1.54) is 0 Å². The molecule has 7 nitrogen and oxygen atoms in total. The first-order valence-corrected chi connectivity index (χ1v) is 9.07. The standard InChI is InChI=1S/C18H30N4O3/c1-2-24-13-14-25-12-7-17(19)15-5-10-22(11-6-15)18(23)21-16-3-8-20-9-4-16/h3-4,8-9,15,17H,2,5-7,10-14,19H2,1H3,(H,20,21,23)/t17-/m1/s1. The van der Waals surface area contributed by atoms with Crippen LogP contribution in [0.5, 0.6) is 0 Å². The van der Waals surface area contributed by atoms with E-state index < -0.39 is 0 Å². The smallest absolute Gasteiger partial charge is 0.321 e. The van der Waals surface area contributed by atoms with Gasteiger partial charge < -0.3 is 25.4 Å². The van der Waals surface area contributed by atoms with E-state index in [0.717, 1.165) is 44.6 Å². The molecular weight excluding hydrogens is 320 g/mol. The fraction of sp³-hybridized carbons (Fsp3) is 0.667. The number of hydrogen-bond donors (Lipinski definition) is 2. The Hall–Kier alpha value is -1.70. The van der Waals surface area contributed by atoms with E-state index in [1.807, 2.05) is 11.8 Å². The zero-order chi connectivity index (χ0) is 17.9. The molecule has 2 heterocycles. The van der Waals surface area contributed by atoms with Gasteiger partial charge in [-0.05, 0) is 44.2 Å². The second-order valence-corrected chi connectivity index (χ2v) is 6.25. The predicted molar refractivity (Wildman–Crippen MR) is 97.5 cm³/mol. The van der Waals surface area contributed by atoms with Gasteiger partial charge in [-0.3, -0.25) is 4.98 Å². The van der Waals surface area contributed by atoms with E-state index >= 15 is 0 Å². The molecule has 25 heavy (non-hydrogen) atoms. The van der Waals surface area contributed by atoms with Crippen molar-refractivity contribution >= 4 is 11.7 Å². The molecule has 0 aliphatic carbocycles. The van der Waals surface area contributed by atoms with Gasteiger partial charge in [-0.25, -0.2) is 4.79 Å². The molecule has 1 atom stereocenters. The number of ether oxygens (including phenoxy) is 2. The maximum Gasteiger partial charge on any atom is 0.321 e. The lowest BCUT2D eigenvalue weighted by Gasteiger charge is -2.34. The van der Waals surface area contributed by atoms with Gasteiger partial charge >= 0.3 is 6.03 Å². The number of carbonyl (C=O) groups is 1. The van der Waals surface area contributed by atoms with Crippen LogP contribution >= 0.6 is 0 Å². The summed E-state index contributed by atoms with van der Waals surface area (Å²) in [6, 6.07) is 3.63. The van der Waals surface area contributed by atoms with Gasteiger partial charge in [0, 0.05) is 50.4 Å². The summed E-state index contributed by atoms with van der Waals surface area (Å²) in [6.07, 6.45) is 6.04. The molecule has 0 spiro atoms. The lowest BCUT2D eigenvalue weighted by atomic mass is 9.88. The SMILES string of the molecule is CCOCCOCC[C@@H](N)C1CCN(C(=O)Nc2ccncc2)CC1. The number of likely N-dealkylation sites (tertiary alicyclic amines) is 1. The highest BCUT2D eigenvalue weighted by molar-refractivity contribution is 5.89. The molecule has 1 aromatic rings. The van der Waals surface area contributed by atoms with Gasteiger partial charge in [0.25, 0.3) is 0 Å². The average Bonchev–Trinajstić information content (AvgIpc) is 2.65. The summed E-state index contributed by atoms with van der Waals surface area (Å²) < 4.78 is 10.8. The first-order valence-electron chi connectivity index (χ1n) is 9.07. The summed E-state index contributed by atoms with van der Waals surface area (Å²) in [5, 5.41) is 2.90. The second-order valence-electron chi connectivity index (χ2n) is 6.25. The average molecular weight is 350 g/mol. The fourth-order valence-corrected chi connectivity index (χ4v) is 2.99. The van der Waals surface area contributed by atoms with Gasteiger partial charge in [-0.15, -0.1) is 0 Å². The number of carbonyl (C=O) groups excluding carboxylic acids is 1. The number of anilines is 1. The van der Waals surface area contributed by atoms with Gasteiger partial charge in [0.2, 0.25) is 0 Å². The zero-order valence-corrected chi connectivity index (χ0v) is 15.0. The minimum Gasteiger partial charge on any atom is -0.379 e. The lowest BCUT2D eigenvalue weighted by molar-refractivity contribution is 0.0472. The zero-order valence-electron chi connectivity index (χ0n) is 15.0. The van der Waals surface area contributed by atoms with Gasteiger partial charge in [0.15, 0.2) is 0 Å². The molecule has 2 amide bonds. The van der Waals surface area contributed by atoms with E-state index in [9.17, 15) is 4.79 Å². The summed E-state index contributed by atoms with van der Waals surface area (Å²) in [7, 11) is 0. The number of nitrogens with one attached hydrogen (secondary N) is 1. The van der Waals surface area contributed by atoms with Crippen LogP contribution in [0, 0.1) is 5.92 Å². The third kappa shape index (κ3) is 6.97. The number of piperidine rings is 1. The molecular formula is C18H30N4O3. The summed E-state index contributed by atoms with van der Waals surface area (Å²) in [6.45, 7) is 6.08. The van der Waals surface area contributed by atoms with Crippen molar-refractivity contribution in [3.8, 4) is 0 Å². The third-order valence-electron chi connectivity index (χ3n) is 4.54. The monoisotopic (exact) mass is 350 g/mol. The van der Waals surface area contributed by atoms with Crippen molar-refractivity contribution in [2.75, 3.05) is 44.8 Å². The first-order chi connectivity index (χ1) is 12.2. The molecule has 1 aliphatic heterocycles. The van der Waals surface area contributed by atoms with Gasteiger partial charge in [-0.1, -0.05) is 0 Å². The highest BCUT2D eigenvalue weighted by Gasteiger charge is 2.26. The van der Waals surface area contributed by atoms with Crippen molar-refractivity contribution in [2.45, 2.75) is 32.2 Å². The quantitative estimate of drug-likeness (QED) is 0.666. The van der Waals surface area contributed by atoms with Gasteiger partial charge in [-0.2, -0.15) is 0 Å². The number of nitrogens with zero attached hydrogens (tertiary/aromatic N) is 2. The van der Waals surface area contributed by atoms with E-state index in [0.29, 0.717) is 25.7 Å². The molecule has 0 unspecified atom stereocenters. The number of amides is 2. The van der Waals surface area contributed by atoms with Crippen molar-refractivity contribution < 1.29 is 14.3 Å². The van der Waals surface area contributed by atoms with Gasteiger partial charge in [0.05, 0.1) is 13.2 Å². The Bertz CT molecular complexity index is 492. The molecule has 1 aliphatic rings. The normalized spacial score (nSPS) is 16.6. The van der Waals surface area contributed by atoms with Crippen LogP contribution in [-0.2, 0) is 9.47 Å². The fourth-order valence-electron chi connectivity index (χ4n) is 2.99. The Balaban J connectivity index is 1.62. The molecule has 1 saturated heterocycles. The van der Waals surface area contributed by atoms with E-state index in [4.69, 9.17) is 15.2 Å². The topological polar surface area (TPSA) is 89.7 Å². The number of nitrogens with two attached hydrogens (primary N) is 1. The van der Waals surface area contributed by atoms with Crippen LogP contribution in [-0.4, -0.2) is 61.5 Å². The number of urea groups is 1. The lowest BCUT2D eigenvalue weighted by Crippen LogP contribution is -2.45. The number of rotatable bonds is 9. The highest BCUT2D eigenvalue weighted by Crippen LogP contribution is 2.22. The Labute approximate surface area is 149 Å². The number of aromatic nitrogens is 1. The van der Waals surface area contributed by atoms with Crippen LogP contribution in [0.15, 0.2) is 24.5 Å². The molecule has 0 saturated carbocycles. The first kappa shape index (κ1) is 19.6. The molecule has 0 bridgehead atoms. The number of hydrogen-bond acceptors (Lipinski definition) is 5. The molecule has 3 N–H and O–H groups in total. The summed E-state index contributed by atoms with van der Waals surface area (Å²) in [5.74, 6) is 0.445. The molecule has 1 fully saturated rings. The summed E-state index contributed by atoms with van der Waals surface area (Å²) >= 11 is 0. The van der Waals surface area contributed by atoms with Crippen molar-refractivity contribution in [3.05, 3.63) is 24.5 Å². The van der Waals surface area contributed by atoms with Crippen molar-refractivity contribution in [3.63, 3.8) is 0 Å². The Morgan fingerprint density at radius 2 is 1.96 bits per heavy atom. The van der Waals surface area contributed by atoms with Crippen LogP contribution in [0.4, 0.5) is 10.5 Å². The van der Waals surface area contributed by atoms with Gasteiger partial charge in [0.1, 0.15) is 0 Å². The van der Waals surface area contributed by atoms with E-state index in [1.54, 1.807) is 24.5 Å². The maximum absolute atomic E-state index is 12.3. The second kappa shape index (κ2) is 11.0.